The summed E-state index contributed by atoms with van der Waals surface area (Å²) in [6.07, 6.45) is 5.71. The number of carbonyl (C=O) groups is 2. The van der Waals surface area contributed by atoms with Gasteiger partial charge in [-0.2, -0.15) is 0 Å². The molecule has 0 aromatic carbocycles. The highest BCUT2D eigenvalue weighted by Crippen LogP contribution is 2.80. The number of hydrogen-bond donors (Lipinski definition) is 0. The fourth-order valence-electron chi connectivity index (χ4n) is 6.77. The van der Waals surface area contributed by atoms with Gasteiger partial charge in [-0.25, -0.2) is 0 Å². The van der Waals surface area contributed by atoms with Crippen molar-refractivity contribution < 1.29 is 9.59 Å². The van der Waals surface area contributed by atoms with E-state index in [1.165, 1.54) is 0 Å². The molecular weight excluding hydrogens is 499 g/mol. The second-order valence-corrected chi connectivity index (χ2v) is 12.8. The van der Waals surface area contributed by atoms with Gasteiger partial charge in [0, 0.05) is 6.04 Å². The molecule has 3 nitrogen and oxygen atoms in total. The number of alkyl halides is 4. The van der Waals surface area contributed by atoms with Gasteiger partial charge in [0.2, 0.25) is 11.8 Å². The van der Waals surface area contributed by atoms with Gasteiger partial charge in [-0.05, 0) is 44.4 Å². The van der Waals surface area contributed by atoms with E-state index in [0.717, 1.165) is 32.1 Å². The van der Waals surface area contributed by atoms with E-state index >= 15 is 0 Å². The van der Waals surface area contributed by atoms with Crippen LogP contribution in [-0.4, -0.2) is 36.8 Å². The Morgan fingerprint density at radius 2 is 1.45 bits per heavy atom. The number of carbonyl (C=O) groups excluding carboxylic acids is 2. The zero-order chi connectivity index (χ0) is 21.1. The van der Waals surface area contributed by atoms with Gasteiger partial charge < -0.3 is 0 Å². The Balaban J connectivity index is 1.57. The standard InChI is InChI=1S/C20H21Cl6NO2/c1-17-8-12-10(18(23)13(21)14(22)19(12,24)20(18,25)26)7-11(17)15(28)27(16(17)29)9-5-3-2-4-6-9/h9-12H,2-8H2,1H3/t10-,11+,12+,17+,18+,19+/m1/s1. The van der Waals surface area contributed by atoms with E-state index in [9.17, 15) is 9.59 Å². The zero-order valence-electron chi connectivity index (χ0n) is 15.8. The SMILES string of the molecule is C[C@]12C[C@H]3[C@@H](C[C@H]1C(=O)N(C1CCCCC1)C2=O)[C@]1(Cl)C(Cl)=C(Cl)[C@]3(Cl)C1(Cl)Cl. The zero-order valence-corrected chi connectivity index (χ0v) is 20.3. The Morgan fingerprint density at radius 3 is 2.03 bits per heavy atom. The summed E-state index contributed by atoms with van der Waals surface area (Å²) in [5, 5.41) is 0.316. The molecule has 2 amide bonds. The van der Waals surface area contributed by atoms with Crippen molar-refractivity contribution in [1.82, 2.24) is 4.90 Å². The molecule has 6 atom stereocenters. The first-order valence-electron chi connectivity index (χ1n) is 10.1. The summed E-state index contributed by atoms with van der Waals surface area (Å²) in [5.74, 6) is -1.37. The summed E-state index contributed by atoms with van der Waals surface area (Å²) < 4.78 is -1.63. The summed E-state index contributed by atoms with van der Waals surface area (Å²) in [6.45, 7) is 1.87. The molecule has 4 fully saturated rings. The normalized spacial score (nSPS) is 49.1. The minimum Gasteiger partial charge on any atom is -0.279 e. The van der Waals surface area contributed by atoms with Crippen LogP contribution in [0.5, 0.6) is 0 Å². The van der Waals surface area contributed by atoms with Gasteiger partial charge in [0.1, 0.15) is 9.75 Å². The van der Waals surface area contributed by atoms with Gasteiger partial charge in [0.05, 0.1) is 21.4 Å². The van der Waals surface area contributed by atoms with Crippen LogP contribution in [0.4, 0.5) is 0 Å². The molecule has 1 heterocycles. The van der Waals surface area contributed by atoms with Crippen LogP contribution in [0.2, 0.25) is 0 Å². The molecule has 9 heteroatoms. The van der Waals surface area contributed by atoms with Gasteiger partial charge in [-0.1, -0.05) is 65.7 Å². The Bertz CT molecular complexity index is 854. The van der Waals surface area contributed by atoms with E-state index < -0.39 is 25.4 Å². The number of amides is 2. The molecule has 4 aliphatic carbocycles. The maximum absolute atomic E-state index is 13.5. The maximum atomic E-state index is 13.5. The van der Waals surface area contributed by atoms with Gasteiger partial charge in [-0.15, -0.1) is 23.2 Å². The molecule has 0 N–H and O–H groups in total. The van der Waals surface area contributed by atoms with Crippen LogP contribution in [0, 0.1) is 23.2 Å². The van der Waals surface area contributed by atoms with Gasteiger partial charge in [0.15, 0.2) is 4.33 Å². The largest absolute Gasteiger partial charge is 0.279 e. The quantitative estimate of drug-likeness (QED) is 0.306. The van der Waals surface area contributed by atoms with Crippen LogP contribution in [0.25, 0.3) is 0 Å². The summed E-state index contributed by atoms with van der Waals surface area (Å²) >= 11 is 40.4. The predicted molar refractivity (Wildman–Crippen MR) is 117 cm³/mol. The van der Waals surface area contributed by atoms with E-state index in [2.05, 4.69) is 0 Å². The molecule has 3 saturated carbocycles. The van der Waals surface area contributed by atoms with E-state index in [1.807, 2.05) is 6.92 Å². The van der Waals surface area contributed by atoms with Crippen molar-refractivity contribution in [2.75, 3.05) is 0 Å². The highest BCUT2D eigenvalue weighted by Gasteiger charge is 2.84. The Labute approximate surface area is 200 Å². The van der Waals surface area contributed by atoms with Crippen LogP contribution in [0.15, 0.2) is 10.1 Å². The third-order valence-corrected chi connectivity index (χ3v) is 12.7. The average Bonchev–Trinajstić information content (AvgIpc) is 3.01. The molecule has 0 unspecified atom stereocenters. The molecule has 0 radical (unpaired) electrons. The smallest absolute Gasteiger partial charge is 0.236 e. The second kappa shape index (κ2) is 6.35. The van der Waals surface area contributed by atoms with E-state index in [4.69, 9.17) is 69.6 Å². The minimum atomic E-state index is -1.63. The van der Waals surface area contributed by atoms with Gasteiger partial charge >= 0.3 is 0 Å². The first-order valence-corrected chi connectivity index (χ1v) is 12.4. The van der Waals surface area contributed by atoms with Crippen molar-refractivity contribution in [2.45, 2.75) is 72.0 Å². The molecule has 0 aromatic rings. The first-order chi connectivity index (χ1) is 13.4. The summed E-state index contributed by atoms with van der Waals surface area (Å²) in [7, 11) is 0. The predicted octanol–water partition coefficient (Wildman–Crippen LogP) is 6.18. The van der Waals surface area contributed by atoms with Crippen LogP contribution in [0.3, 0.4) is 0 Å². The molecule has 0 spiro atoms. The number of allylic oxidation sites excluding steroid dienone is 2. The Kier molecular flexibility index (Phi) is 4.70. The second-order valence-electron chi connectivity index (χ2n) is 9.55. The monoisotopic (exact) mass is 517 g/mol. The average molecular weight is 520 g/mol. The summed E-state index contributed by atoms with van der Waals surface area (Å²) in [6, 6.07) is -0.0110. The van der Waals surface area contributed by atoms with E-state index in [1.54, 1.807) is 4.90 Å². The number of halogens is 6. The molecule has 160 valence electrons. The fraction of sp³-hybridized carbons (Fsp3) is 0.800. The third kappa shape index (κ3) is 2.22. The lowest BCUT2D eigenvalue weighted by molar-refractivity contribution is -0.145. The first kappa shape index (κ1) is 21.5. The number of fused-ring (bicyclic) bond motifs is 6. The molecular formula is C20H21Cl6NO2. The lowest BCUT2D eigenvalue weighted by Crippen LogP contribution is -2.49. The molecule has 1 aliphatic heterocycles. The molecule has 2 bridgehead atoms. The van der Waals surface area contributed by atoms with Gasteiger partial charge in [0.25, 0.3) is 0 Å². The molecule has 5 aliphatic rings. The summed E-state index contributed by atoms with van der Waals surface area (Å²) in [4.78, 5) is 25.8. The van der Waals surface area contributed by atoms with Crippen molar-refractivity contribution >= 4 is 81.4 Å². The van der Waals surface area contributed by atoms with Crippen LogP contribution in [-0.2, 0) is 9.59 Å². The highest BCUT2D eigenvalue weighted by atomic mass is 35.5. The van der Waals surface area contributed by atoms with Crippen molar-refractivity contribution in [1.29, 1.82) is 0 Å². The molecule has 1 saturated heterocycles. The van der Waals surface area contributed by atoms with Crippen LogP contribution < -0.4 is 0 Å². The Hall–Kier alpha value is 0.620. The lowest BCUT2D eigenvalue weighted by Gasteiger charge is -2.46. The number of hydrogen-bond acceptors (Lipinski definition) is 2. The number of likely N-dealkylation sites (tertiary alicyclic amines) is 1. The van der Waals surface area contributed by atoms with Crippen molar-refractivity contribution in [2.24, 2.45) is 23.2 Å². The van der Waals surface area contributed by atoms with Crippen molar-refractivity contribution in [3.05, 3.63) is 10.1 Å². The maximum Gasteiger partial charge on any atom is 0.236 e. The van der Waals surface area contributed by atoms with Gasteiger partial charge in [-0.3, -0.25) is 14.5 Å². The molecule has 0 aromatic heterocycles. The minimum absolute atomic E-state index is 0.0110. The summed E-state index contributed by atoms with van der Waals surface area (Å²) in [5.41, 5.74) is -0.858. The van der Waals surface area contributed by atoms with E-state index in [0.29, 0.717) is 12.8 Å². The van der Waals surface area contributed by atoms with Crippen molar-refractivity contribution in [3.8, 4) is 0 Å². The third-order valence-electron chi connectivity index (χ3n) is 8.34. The molecule has 5 rings (SSSR count). The van der Waals surface area contributed by atoms with Crippen LogP contribution in [0.1, 0.15) is 51.9 Å². The topological polar surface area (TPSA) is 37.4 Å². The fourth-order valence-corrected chi connectivity index (χ4v) is 9.86. The van der Waals surface area contributed by atoms with Crippen LogP contribution >= 0.6 is 69.6 Å². The Morgan fingerprint density at radius 1 is 0.897 bits per heavy atom. The number of nitrogens with zero attached hydrogens (tertiary/aromatic N) is 1. The van der Waals surface area contributed by atoms with Crippen molar-refractivity contribution in [3.63, 3.8) is 0 Å². The highest BCUT2D eigenvalue weighted by molar-refractivity contribution is 6.65. The lowest BCUT2D eigenvalue weighted by atomic mass is 9.58. The number of imide groups is 1. The van der Waals surface area contributed by atoms with E-state index in [-0.39, 0.29) is 39.8 Å². The number of rotatable bonds is 1. The molecule has 29 heavy (non-hydrogen) atoms.